The SMILES string of the molecule is CN(C)C(=O)CSc1nn[nH][n+]1-c1ccccc1. The van der Waals surface area contributed by atoms with Crippen LogP contribution >= 0.6 is 11.8 Å². The summed E-state index contributed by atoms with van der Waals surface area (Å²) in [6.07, 6.45) is 0. The summed E-state index contributed by atoms with van der Waals surface area (Å²) in [5.74, 6) is 0.384. The van der Waals surface area contributed by atoms with Crippen LogP contribution in [0.15, 0.2) is 35.5 Å². The number of tetrazole rings is 1. The summed E-state index contributed by atoms with van der Waals surface area (Å²) in [5, 5.41) is 11.2. The van der Waals surface area contributed by atoms with Gasteiger partial charge in [0.2, 0.25) is 5.91 Å². The number of hydrogen-bond acceptors (Lipinski definition) is 4. The molecule has 0 aliphatic heterocycles. The topological polar surface area (TPSA) is 65.8 Å². The molecule has 1 amide bonds. The van der Waals surface area contributed by atoms with Crippen LogP contribution < -0.4 is 4.68 Å². The van der Waals surface area contributed by atoms with Gasteiger partial charge in [0.1, 0.15) is 10.8 Å². The van der Waals surface area contributed by atoms with E-state index in [0.29, 0.717) is 10.9 Å². The highest BCUT2D eigenvalue weighted by molar-refractivity contribution is 7.99. The molecule has 0 unspecified atom stereocenters. The van der Waals surface area contributed by atoms with Gasteiger partial charge in [0.25, 0.3) is 0 Å². The van der Waals surface area contributed by atoms with Crippen LogP contribution in [0.25, 0.3) is 5.69 Å². The molecule has 2 aromatic rings. The van der Waals surface area contributed by atoms with Crippen LogP contribution in [0.3, 0.4) is 0 Å². The third-order valence-electron chi connectivity index (χ3n) is 2.31. The van der Waals surface area contributed by atoms with Gasteiger partial charge in [0, 0.05) is 14.1 Å². The lowest BCUT2D eigenvalue weighted by Gasteiger charge is -2.07. The number of benzene rings is 1. The first-order chi connectivity index (χ1) is 8.68. The summed E-state index contributed by atoms with van der Waals surface area (Å²) in [7, 11) is 3.47. The molecule has 1 N–H and O–H groups in total. The van der Waals surface area contributed by atoms with Gasteiger partial charge in [-0.3, -0.25) is 4.79 Å². The third kappa shape index (κ3) is 2.86. The minimum absolute atomic E-state index is 0.0441. The van der Waals surface area contributed by atoms with Crippen molar-refractivity contribution < 1.29 is 9.48 Å². The van der Waals surface area contributed by atoms with Crippen LogP contribution in [0.1, 0.15) is 0 Å². The van der Waals surface area contributed by atoms with Crippen LogP contribution in [0.2, 0.25) is 0 Å². The van der Waals surface area contributed by atoms with Gasteiger partial charge >= 0.3 is 5.16 Å². The van der Waals surface area contributed by atoms with Gasteiger partial charge in [-0.15, -0.1) is 4.68 Å². The molecular formula is C11H14N5OS+. The second-order valence-electron chi connectivity index (χ2n) is 3.83. The predicted molar refractivity (Wildman–Crippen MR) is 67.3 cm³/mol. The Kier molecular flexibility index (Phi) is 3.93. The highest BCUT2D eigenvalue weighted by atomic mass is 32.2. The van der Waals surface area contributed by atoms with Crippen LogP contribution in [-0.4, -0.2) is 46.2 Å². The van der Waals surface area contributed by atoms with Gasteiger partial charge in [0.15, 0.2) is 5.21 Å². The summed E-state index contributed by atoms with van der Waals surface area (Å²) in [6, 6.07) is 9.69. The lowest BCUT2D eigenvalue weighted by molar-refractivity contribution is -0.697. The maximum atomic E-state index is 11.5. The maximum absolute atomic E-state index is 11.5. The molecular weight excluding hydrogens is 250 g/mol. The zero-order valence-electron chi connectivity index (χ0n) is 10.2. The average Bonchev–Trinajstić information content (AvgIpc) is 2.85. The summed E-state index contributed by atoms with van der Waals surface area (Å²) >= 11 is 1.35. The standard InChI is InChI=1S/C11H13N5OS/c1-15(2)10(17)8-18-11-12-13-14-16(11)9-6-4-3-5-7-9/h3-7H,8H2,1-2H3/p+1. The van der Waals surface area contributed by atoms with E-state index in [1.165, 1.54) is 11.8 Å². The van der Waals surface area contributed by atoms with E-state index >= 15 is 0 Å². The molecule has 18 heavy (non-hydrogen) atoms. The van der Waals surface area contributed by atoms with Crippen molar-refractivity contribution in [2.45, 2.75) is 5.16 Å². The molecule has 1 aromatic heterocycles. The number of amides is 1. The number of thioether (sulfide) groups is 1. The van der Waals surface area contributed by atoms with Crippen LogP contribution in [0.5, 0.6) is 0 Å². The molecule has 94 valence electrons. The molecule has 0 radical (unpaired) electrons. The smallest absolute Gasteiger partial charge is 0.348 e. The van der Waals surface area contributed by atoms with Crippen molar-refractivity contribution >= 4 is 17.7 Å². The van der Waals surface area contributed by atoms with E-state index in [-0.39, 0.29) is 5.91 Å². The minimum Gasteiger partial charge on any atom is -0.348 e. The highest BCUT2D eigenvalue weighted by Gasteiger charge is 2.18. The van der Waals surface area contributed by atoms with Crippen LogP contribution in [0, 0.1) is 0 Å². The average molecular weight is 264 g/mol. The van der Waals surface area contributed by atoms with E-state index in [4.69, 9.17) is 0 Å². The van der Waals surface area contributed by atoms with E-state index in [1.807, 2.05) is 30.3 Å². The predicted octanol–water partition coefficient (Wildman–Crippen LogP) is 0.262. The first-order valence-corrected chi connectivity index (χ1v) is 6.38. The Morgan fingerprint density at radius 3 is 2.78 bits per heavy atom. The van der Waals surface area contributed by atoms with E-state index in [2.05, 4.69) is 15.5 Å². The Balaban J connectivity index is 2.12. The highest BCUT2D eigenvalue weighted by Crippen LogP contribution is 2.11. The molecule has 1 heterocycles. The van der Waals surface area contributed by atoms with Gasteiger partial charge in [-0.2, -0.15) is 0 Å². The number of H-pyrrole nitrogens is 1. The molecule has 0 atom stereocenters. The molecule has 6 nitrogen and oxygen atoms in total. The van der Waals surface area contributed by atoms with Crippen LogP contribution in [-0.2, 0) is 4.79 Å². The largest absolute Gasteiger partial charge is 0.365 e. The van der Waals surface area contributed by atoms with Crippen LogP contribution in [0.4, 0.5) is 0 Å². The fourth-order valence-corrected chi connectivity index (χ4v) is 2.18. The first-order valence-electron chi connectivity index (χ1n) is 5.40. The van der Waals surface area contributed by atoms with E-state index in [0.717, 1.165) is 5.69 Å². The van der Waals surface area contributed by atoms with Gasteiger partial charge in [-0.05, 0) is 23.9 Å². The van der Waals surface area contributed by atoms with Crippen molar-refractivity contribution in [2.75, 3.05) is 19.8 Å². The Morgan fingerprint density at radius 2 is 2.11 bits per heavy atom. The first kappa shape index (κ1) is 12.6. The monoisotopic (exact) mass is 264 g/mol. The molecule has 0 bridgehead atoms. The number of carbonyl (C=O) groups is 1. The molecule has 0 aliphatic rings. The number of carbonyl (C=O) groups excluding carboxylic acids is 1. The normalized spacial score (nSPS) is 10.3. The van der Waals surface area contributed by atoms with Crippen molar-refractivity contribution in [3.05, 3.63) is 30.3 Å². The Hall–Kier alpha value is -1.89. The summed E-state index contributed by atoms with van der Waals surface area (Å²) in [6.45, 7) is 0. The molecule has 0 saturated heterocycles. The Bertz CT molecular complexity index is 525. The van der Waals surface area contributed by atoms with Gasteiger partial charge in [0.05, 0.1) is 5.75 Å². The molecule has 0 saturated carbocycles. The van der Waals surface area contributed by atoms with E-state index < -0.39 is 0 Å². The van der Waals surface area contributed by atoms with Crippen molar-refractivity contribution in [2.24, 2.45) is 0 Å². The number of nitrogens with zero attached hydrogens (tertiary/aromatic N) is 4. The van der Waals surface area contributed by atoms with Gasteiger partial charge in [-0.1, -0.05) is 23.4 Å². The Labute approximate surface area is 109 Å². The molecule has 0 aliphatic carbocycles. The van der Waals surface area contributed by atoms with Gasteiger partial charge < -0.3 is 4.90 Å². The fraction of sp³-hybridized carbons (Fsp3) is 0.273. The lowest BCUT2D eigenvalue weighted by atomic mass is 10.3. The van der Waals surface area contributed by atoms with Crippen molar-refractivity contribution in [3.63, 3.8) is 0 Å². The van der Waals surface area contributed by atoms with E-state index in [9.17, 15) is 4.79 Å². The zero-order chi connectivity index (χ0) is 13.0. The van der Waals surface area contributed by atoms with Crippen molar-refractivity contribution in [1.82, 2.24) is 20.4 Å². The number of para-hydroxylation sites is 1. The maximum Gasteiger partial charge on any atom is 0.365 e. The lowest BCUT2D eigenvalue weighted by Crippen LogP contribution is -2.35. The minimum atomic E-state index is 0.0441. The number of rotatable bonds is 4. The molecule has 7 heteroatoms. The number of aromatic nitrogens is 4. The third-order valence-corrected chi connectivity index (χ3v) is 3.22. The second-order valence-corrected chi connectivity index (χ2v) is 4.77. The zero-order valence-corrected chi connectivity index (χ0v) is 11.0. The summed E-state index contributed by atoms with van der Waals surface area (Å²) in [5.41, 5.74) is 0.933. The molecule has 2 rings (SSSR count). The molecule has 0 fully saturated rings. The van der Waals surface area contributed by atoms with Gasteiger partial charge in [-0.25, -0.2) is 0 Å². The molecule has 1 aromatic carbocycles. The number of aromatic amines is 1. The fourth-order valence-electron chi connectivity index (χ4n) is 1.29. The number of nitrogens with one attached hydrogen (secondary N) is 1. The summed E-state index contributed by atoms with van der Waals surface area (Å²) in [4.78, 5) is 13.1. The molecule has 0 spiro atoms. The Morgan fingerprint density at radius 1 is 1.39 bits per heavy atom. The van der Waals surface area contributed by atoms with Crippen molar-refractivity contribution in [3.8, 4) is 5.69 Å². The van der Waals surface area contributed by atoms with E-state index in [1.54, 1.807) is 23.7 Å². The quantitative estimate of drug-likeness (QED) is 0.635. The number of hydrogen-bond donors (Lipinski definition) is 1. The second kappa shape index (κ2) is 5.63. The van der Waals surface area contributed by atoms with Crippen molar-refractivity contribution in [1.29, 1.82) is 0 Å². The summed E-state index contributed by atoms with van der Waals surface area (Å²) < 4.78 is 1.74.